The van der Waals surface area contributed by atoms with Crippen LogP contribution in [0.15, 0.2) is 65.9 Å². The highest BCUT2D eigenvalue weighted by atomic mass is 17.2. The zero-order chi connectivity index (χ0) is 34.2. The lowest BCUT2D eigenvalue weighted by molar-refractivity contribution is -0.188. The Labute approximate surface area is 278 Å². The first-order chi connectivity index (χ1) is 23.2. The Morgan fingerprint density at radius 1 is 0.896 bits per heavy atom. The number of amides is 3. The molecule has 14 heteroatoms. The van der Waals surface area contributed by atoms with Crippen LogP contribution in [-0.2, 0) is 24.1 Å². The van der Waals surface area contributed by atoms with Gasteiger partial charge in [-0.25, -0.2) is 19.8 Å². The summed E-state index contributed by atoms with van der Waals surface area (Å²) in [6.45, 7) is 5.76. The predicted octanol–water partition coefficient (Wildman–Crippen LogP) is 4.71. The fourth-order valence-corrected chi connectivity index (χ4v) is 5.53. The number of aromatic nitrogens is 4. The molecule has 2 aromatic carbocycles. The van der Waals surface area contributed by atoms with E-state index in [1.54, 1.807) is 26.2 Å². The number of hydrogen-bond acceptors (Lipinski definition) is 9. The van der Waals surface area contributed by atoms with Crippen molar-refractivity contribution in [2.24, 2.45) is 4.99 Å². The molecule has 14 nitrogen and oxygen atoms in total. The SMILES string of the molecule is COO/C=N\[C@@H](C)C(=O)N1CCC[C@H]1c1ncc(-c2ccc(-c3ccc(-c4cnc([C@@H](C)NC(=O)[C@H](C)NC(=O)OC)[nH]4)cc3)cc2)[nH]1. The lowest BCUT2D eigenvalue weighted by atomic mass is 10.0. The van der Waals surface area contributed by atoms with Gasteiger partial charge in [-0.3, -0.25) is 9.59 Å². The van der Waals surface area contributed by atoms with Crippen molar-refractivity contribution in [1.29, 1.82) is 0 Å². The number of methoxy groups -OCH3 is 1. The van der Waals surface area contributed by atoms with Crippen LogP contribution >= 0.6 is 0 Å². The minimum atomic E-state index is -0.759. The molecule has 0 bridgehead atoms. The normalized spacial score (nSPS) is 16.4. The fraction of sp³-hybridized carbons (Fsp3) is 0.353. The first kappa shape index (κ1) is 33.9. The maximum absolute atomic E-state index is 13.0. The van der Waals surface area contributed by atoms with E-state index in [1.165, 1.54) is 14.2 Å². The average molecular weight is 657 g/mol. The molecule has 0 unspecified atom stereocenters. The molecule has 3 heterocycles. The van der Waals surface area contributed by atoms with Crippen molar-refractivity contribution in [3.8, 4) is 33.6 Å². The third-order valence-corrected chi connectivity index (χ3v) is 8.23. The Bertz CT molecular complexity index is 1730. The quantitative estimate of drug-likeness (QED) is 0.0733. The van der Waals surface area contributed by atoms with E-state index in [9.17, 15) is 14.4 Å². The van der Waals surface area contributed by atoms with E-state index in [1.807, 2.05) is 48.2 Å². The van der Waals surface area contributed by atoms with E-state index in [0.29, 0.717) is 12.4 Å². The molecule has 1 aliphatic rings. The molecule has 252 valence electrons. The van der Waals surface area contributed by atoms with Crippen LogP contribution in [-0.4, -0.2) is 82.0 Å². The monoisotopic (exact) mass is 656 g/mol. The molecule has 5 rings (SSSR count). The van der Waals surface area contributed by atoms with Crippen molar-refractivity contribution in [3.05, 3.63) is 72.6 Å². The smallest absolute Gasteiger partial charge is 0.407 e. The van der Waals surface area contributed by atoms with E-state index in [0.717, 1.165) is 58.7 Å². The lowest BCUT2D eigenvalue weighted by Crippen LogP contribution is -2.45. The van der Waals surface area contributed by atoms with Gasteiger partial charge in [0, 0.05) is 6.54 Å². The number of imidazole rings is 2. The van der Waals surface area contributed by atoms with Gasteiger partial charge in [-0.2, -0.15) is 4.89 Å². The highest BCUT2D eigenvalue weighted by Gasteiger charge is 2.34. The number of carbonyl (C=O) groups is 3. The van der Waals surface area contributed by atoms with Crippen LogP contribution < -0.4 is 10.6 Å². The summed E-state index contributed by atoms with van der Waals surface area (Å²) >= 11 is 0. The van der Waals surface area contributed by atoms with Gasteiger partial charge in [-0.1, -0.05) is 48.5 Å². The first-order valence-electron chi connectivity index (χ1n) is 15.7. The average Bonchev–Trinajstić information content (AvgIpc) is 3.89. The summed E-state index contributed by atoms with van der Waals surface area (Å²) in [6, 6.07) is 14.4. The molecule has 0 radical (unpaired) electrons. The van der Waals surface area contributed by atoms with Crippen molar-refractivity contribution < 1.29 is 28.9 Å². The molecule has 4 N–H and O–H groups in total. The minimum Gasteiger partial charge on any atom is -0.453 e. The summed E-state index contributed by atoms with van der Waals surface area (Å²) in [6.07, 6.45) is 5.70. The Morgan fingerprint density at radius 2 is 1.50 bits per heavy atom. The van der Waals surface area contributed by atoms with Crippen LogP contribution in [0.5, 0.6) is 0 Å². The number of benzene rings is 2. The number of rotatable bonds is 12. The van der Waals surface area contributed by atoms with Crippen molar-refractivity contribution in [2.75, 3.05) is 20.8 Å². The molecule has 48 heavy (non-hydrogen) atoms. The maximum Gasteiger partial charge on any atom is 0.407 e. The molecule has 0 saturated carbocycles. The van der Waals surface area contributed by atoms with Crippen molar-refractivity contribution in [3.63, 3.8) is 0 Å². The van der Waals surface area contributed by atoms with Crippen LogP contribution in [0.2, 0.25) is 0 Å². The van der Waals surface area contributed by atoms with Gasteiger partial charge in [0.05, 0.1) is 50.1 Å². The van der Waals surface area contributed by atoms with Crippen LogP contribution in [0.25, 0.3) is 33.6 Å². The van der Waals surface area contributed by atoms with E-state index in [4.69, 9.17) is 0 Å². The number of carbonyl (C=O) groups excluding carboxylic acids is 3. The molecule has 0 spiro atoms. The van der Waals surface area contributed by atoms with E-state index in [-0.39, 0.29) is 17.9 Å². The predicted molar refractivity (Wildman–Crippen MR) is 178 cm³/mol. The number of hydrogen-bond donors (Lipinski definition) is 4. The van der Waals surface area contributed by atoms with E-state index < -0.39 is 24.2 Å². The van der Waals surface area contributed by atoms with Gasteiger partial charge in [0.15, 0.2) is 0 Å². The summed E-state index contributed by atoms with van der Waals surface area (Å²) in [4.78, 5) is 67.7. The molecule has 4 aromatic rings. The topological polar surface area (TPSA) is 176 Å². The fourth-order valence-electron chi connectivity index (χ4n) is 5.53. The number of likely N-dealkylation sites (tertiary alicyclic amines) is 1. The standard InChI is InChI=1S/C34H40N8O6/c1-20(38-32(43)21(2)39-34(45)46-4)30-35-17-27(40-30)25-12-8-23(9-13-25)24-10-14-26(15-11-24)28-18-36-31(41-28)29-7-6-16-42(29)33(44)22(3)37-19-48-47-5/h8-15,17-22,29H,6-7,16H2,1-5H3,(H,35,40)(H,36,41)(H,38,43)(H,39,45)/b37-19-/t20-,21+,22+,29+/m1/s1. The molecule has 2 aromatic heterocycles. The molecule has 1 aliphatic heterocycles. The zero-order valence-corrected chi connectivity index (χ0v) is 27.5. The highest BCUT2D eigenvalue weighted by Crippen LogP contribution is 2.33. The Hall–Kier alpha value is -5.50. The summed E-state index contributed by atoms with van der Waals surface area (Å²) in [5.74, 6) is 0.903. The second kappa shape index (κ2) is 15.4. The van der Waals surface area contributed by atoms with Gasteiger partial charge >= 0.3 is 6.09 Å². The van der Waals surface area contributed by atoms with Crippen LogP contribution in [0.3, 0.4) is 0 Å². The molecule has 3 amide bonds. The van der Waals surface area contributed by atoms with Gasteiger partial charge < -0.3 is 35.1 Å². The number of ether oxygens (including phenoxy) is 1. The third-order valence-electron chi connectivity index (χ3n) is 8.23. The van der Waals surface area contributed by atoms with Crippen LogP contribution in [0.1, 0.15) is 57.3 Å². The van der Waals surface area contributed by atoms with Crippen molar-refractivity contribution in [1.82, 2.24) is 35.5 Å². The zero-order valence-electron chi connectivity index (χ0n) is 27.5. The largest absolute Gasteiger partial charge is 0.453 e. The van der Waals surface area contributed by atoms with E-state index >= 15 is 0 Å². The van der Waals surface area contributed by atoms with Crippen molar-refractivity contribution in [2.45, 2.75) is 57.8 Å². The molecule has 1 saturated heterocycles. The van der Waals surface area contributed by atoms with E-state index in [2.05, 4.69) is 62.2 Å². The Morgan fingerprint density at radius 3 is 2.12 bits per heavy atom. The van der Waals surface area contributed by atoms with Gasteiger partial charge in [-0.15, -0.1) is 0 Å². The summed E-state index contributed by atoms with van der Waals surface area (Å²) < 4.78 is 4.54. The highest BCUT2D eigenvalue weighted by molar-refractivity contribution is 5.85. The summed E-state index contributed by atoms with van der Waals surface area (Å²) in [5.41, 5.74) is 5.73. The number of H-pyrrole nitrogens is 2. The molecular weight excluding hydrogens is 616 g/mol. The Balaban J connectivity index is 1.20. The summed E-state index contributed by atoms with van der Waals surface area (Å²) in [5, 5.41) is 5.28. The molecular formula is C34H40N8O6. The summed E-state index contributed by atoms with van der Waals surface area (Å²) in [7, 11) is 2.62. The molecule has 0 aliphatic carbocycles. The second-order valence-corrected chi connectivity index (χ2v) is 11.5. The van der Waals surface area contributed by atoms with Gasteiger partial charge in [-0.05, 0) is 55.9 Å². The molecule has 4 atom stereocenters. The van der Waals surface area contributed by atoms with Crippen LogP contribution in [0, 0.1) is 0 Å². The van der Waals surface area contributed by atoms with Gasteiger partial charge in [0.1, 0.15) is 23.7 Å². The van der Waals surface area contributed by atoms with Gasteiger partial charge in [0.2, 0.25) is 18.2 Å². The molecule has 1 fully saturated rings. The lowest BCUT2D eigenvalue weighted by Gasteiger charge is -2.24. The first-order valence-corrected chi connectivity index (χ1v) is 15.7. The number of nitrogens with one attached hydrogen (secondary N) is 4. The maximum atomic E-state index is 13.0. The van der Waals surface area contributed by atoms with Crippen molar-refractivity contribution >= 4 is 24.3 Å². The third kappa shape index (κ3) is 7.89. The number of aromatic amines is 2. The number of alkyl carbamates (subject to hydrolysis) is 1. The number of aliphatic imine (C=N–C) groups is 1. The van der Waals surface area contributed by atoms with Crippen LogP contribution in [0.4, 0.5) is 4.79 Å². The van der Waals surface area contributed by atoms with Gasteiger partial charge in [0.25, 0.3) is 0 Å². The Kier molecular flexibility index (Phi) is 10.9. The second-order valence-electron chi connectivity index (χ2n) is 11.5. The number of nitrogens with zero attached hydrogens (tertiary/aromatic N) is 4. The minimum absolute atomic E-state index is 0.0886.